The van der Waals surface area contributed by atoms with E-state index in [1.165, 1.54) is 0 Å². The van der Waals surface area contributed by atoms with Gasteiger partial charge in [-0.2, -0.15) is 0 Å². The van der Waals surface area contributed by atoms with Gasteiger partial charge in [0, 0.05) is 32.4 Å². The topological polar surface area (TPSA) is 43.8 Å². The Kier molecular flexibility index (Phi) is 3.80. The standard InChI is InChI=1S/C21H20N2O2/c1-22-10-11-23(14-17-8-4-5-9-19(17)22)21(25)18-12-15-6-2-3-7-16(15)13-20(18)24/h2-9,12-13,24H,10-11,14H2,1H3. The van der Waals surface area contributed by atoms with E-state index in [1.54, 1.807) is 12.1 Å². The van der Waals surface area contributed by atoms with Gasteiger partial charge in [-0.1, -0.05) is 42.5 Å². The number of carbonyl (C=O) groups excluding carboxylic acids is 1. The monoisotopic (exact) mass is 332 g/mol. The number of benzene rings is 3. The largest absolute Gasteiger partial charge is 0.507 e. The molecule has 0 unspecified atom stereocenters. The van der Waals surface area contributed by atoms with Gasteiger partial charge in [0.1, 0.15) is 5.75 Å². The van der Waals surface area contributed by atoms with Gasteiger partial charge in [0.25, 0.3) is 5.91 Å². The molecular weight excluding hydrogens is 312 g/mol. The van der Waals surface area contributed by atoms with Crippen LogP contribution in [0.5, 0.6) is 5.75 Å². The third-order valence-corrected chi connectivity index (χ3v) is 4.85. The first-order valence-corrected chi connectivity index (χ1v) is 8.43. The summed E-state index contributed by atoms with van der Waals surface area (Å²) in [6.07, 6.45) is 0. The zero-order valence-electron chi connectivity index (χ0n) is 14.1. The summed E-state index contributed by atoms with van der Waals surface area (Å²) in [5.41, 5.74) is 2.64. The smallest absolute Gasteiger partial charge is 0.257 e. The highest BCUT2D eigenvalue weighted by atomic mass is 16.3. The van der Waals surface area contributed by atoms with Gasteiger partial charge in [0.05, 0.1) is 5.56 Å². The molecule has 3 aromatic carbocycles. The average molecular weight is 332 g/mol. The number of fused-ring (bicyclic) bond motifs is 2. The van der Waals surface area contributed by atoms with Crippen LogP contribution in [0.1, 0.15) is 15.9 Å². The van der Waals surface area contributed by atoms with Crippen LogP contribution in [0, 0.1) is 0 Å². The quantitative estimate of drug-likeness (QED) is 0.740. The molecule has 0 spiro atoms. The Morgan fingerprint density at radius 1 is 0.960 bits per heavy atom. The van der Waals surface area contributed by atoms with Gasteiger partial charge in [0.2, 0.25) is 0 Å². The maximum atomic E-state index is 13.1. The fraction of sp³-hybridized carbons (Fsp3) is 0.190. The Hall–Kier alpha value is -3.01. The van der Waals surface area contributed by atoms with Gasteiger partial charge in [0.15, 0.2) is 0 Å². The fourth-order valence-electron chi connectivity index (χ4n) is 3.44. The summed E-state index contributed by atoms with van der Waals surface area (Å²) < 4.78 is 0. The van der Waals surface area contributed by atoms with Gasteiger partial charge in [-0.05, 0) is 34.5 Å². The summed E-state index contributed by atoms with van der Waals surface area (Å²) in [7, 11) is 2.04. The Bertz CT molecular complexity index is 952. The summed E-state index contributed by atoms with van der Waals surface area (Å²) in [6, 6.07) is 19.3. The number of likely N-dealkylation sites (N-methyl/N-ethyl adjacent to an activating group) is 1. The minimum absolute atomic E-state index is 0.0367. The van der Waals surface area contributed by atoms with E-state index < -0.39 is 0 Å². The molecular formula is C21H20N2O2. The molecule has 0 radical (unpaired) electrons. The molecule has 4 heteroatoms. The van der Waals surface area contributed by atoms with Gasteiger partial charge < -0.3 is 14.9 Å². The second-order valence-corrected chi connectivity index (χ2v) is 6.49. The molecule has 0 atom stereocenters. The van der Waals surface area contributed by atoms with E-state index in [0.717, 1.165) is 28.6 Å². The molecule has 1 heterocycles. The van der Waals surface area contributed by atoms with Crippen LogP contribution >= 0.6 is 0 Å². The zero-order valence-corrected chi connectivity index (χ0v) is 14.1. The minimum Gasteiger partial charge on any atom is -0.507 e. The normalized spacial score (nSPS) is 14.3. The van der Waals surface area contributed by atoms with E-state index in [2.05, 4.69) is 17.0 Å². The van der Waals surface area contributed by atoms with Crippen molar-refractivity contribution in [2.24, 2.45) is 0 Å². The van der Waals surface area contributed by atoms with Crippen LogP contribution in [0.25, 0.3) is 10.8 Å². The van der Waals surface area contributed by atoms with Crippen LogP contribution in [-0.4, -0.2) is 36.1 Å². The maximum absolute atomic E-state index is 13.1. The molecule has 0 saturated heterocycles. The number of rotatable bonds is 1. The summed E-state index contributed by atoms with van der Waals surface area (Å²) in [6.45, 7) is 1.93. The van der Waals surface area contributed by atoms with Crippen molar-refractivity contribution in [1.29, 1.82) is 0 Å². The molecule has 1 amide bonds. The SMILES string of the molecule is CN1CCN(C(=O)c2cc3ccccc3cc2O)Cc2ccccc21. The first-order chi connectivity index (χ1) is 12.1. The second kappa shape index (κ2) is 6.13. The number of anilines is 1. The van der Waals surface area contributed by atoms with Crippen molar-refractivity contribution < 1.29 is 9.90 Å². The van der Waals surface area contributed by atoms with Crippen molar-refractivity contribution in [1.82, 2.24) is 4.90 Å². The molecule has 0 bridgehead atoms. The number of hydrogen-bond donors (Lipinski definition) is 1. The molecule has 0 fully saturated rings. The highest BCUT2D eigenvalue weighted by Gasteiger charge is 2.24. The summed E-state index contributed by atoms with van der Waals surface area (Å²) in [5, 5.41) is 12.3. The number of phenols is 1. The van der Waals surface area contributed by atoms with Crippen LogP contribution in [0.15, 0.2) is 60.7 Å². The van der Waals surface area contributed by atoms with Crippen LogP contribution in [0.4, 0.5) is 5.69 Å². The second-order valence-electron chi connectivity index (χ2n) is 6.49. The Morgan fingerprint density at radius 3 is 2.44 bits per heavy atom. The summed E-state index contributed by atoms with van der Waals surface area (Å²) >= 11 is 0. The van der Waals surface area contributed by atoms with Crippen LogP contribution in [-0.2, 0) is 6.54 Å². The summed E-state index contributed by atoms with van der Waals surface area (Å²) in [5.74, 6) is -0.0945. The summed E-state index contributed by atoms with van der Waals surface area (Å²) in [4.78, 5) is 17.1. The van der Waals surface area contributed by atoms with Crippen molar-refractivity contribution in [3.8, 4) is 5.75 Å². The number of amides is 1. The molecule has 0 aliphatic carbocycles. The average Bonchev–Trinajstić information content (AvgIpc) is 2.80. The Balaban J connectivity index is 1.71. The molecule has 0 saturated carbocycles. The van der Waals surface area contributed by atoms with Crippen molar-refractivity contribution in [2.45, 2.75) is 6.54 Å². The molecule has 1 aliphatic rings. The number of phenolic OH excluding ortho intramolecular Hbond substituents is 1. The highest BCUT2D eigenvalue weighted by molar-refractivity contribution is 6.01. The number of hydrogen-bond acceptors (Lipinski definition) is 3. The van der Waals surface area contributed by atoms with Gasteiger partial charge in [-0.25, -0.2) is 0 Å². The Labute approximate surface area is 146 Å². The van der Waals surface area contributed by atoms with Crippen LogP contribution < -0.4 is 4.90 Å². The number of aromatic hydroxyl groups is 1. The van der Waals surface area contributed by atoms with E-state index in [0.29, 0.717) is 18.7 Å². The highest BCUT2D eigenvalue weighted by Crippen LogP contribution is 2.29. The fourth-order valence-corrected chi connectivity index (χ4v) is 3.44. The zero-order chi connectivity index (χ0) is 17.4. The number of carbonyl (C=O) groups is 1. The number of nitrogens with zero attached hydrogens (tertiary/aromatic N) is 2. The molecule has 4 nitrogen and oxygen atoms in total. The van der Waals surface area contributed by atoms with E-state index in [-0.39, 0.29) is 11.7 Å². The predicted molar refractivity (Wildman–Crippen MR) is 100 cm³/mol. The lowest BCUT2D eigenvalue weighted by molar-refractivity contribution is 0.0749. The molecule has 0 aromatic heterocycles. The minimum atomic E-state index is -0.131. The van der Waals surface area contributed by atoms with Gasteiger partial charge in [-0.3, -0.25) is 4.79 Å². The van der Waals surface area contributed by atoms with Crippen molar-refractivity contribution in [3.63, 3.8) is 0 Å². The maximum Gasteiger partial charge on any atom is 0.257 e. The molecule has 1 aliphatic heterocycles. The van der Waals surface area contributed by atoms with E-state index >= 15 is 0 Å². The van der Waals surface area contributed by atoms with Crippen LogP contribution in [0.3, 0.4) is 0 Å². The lowest BCUT2D eigenvalue weighted by atomic mass is 10.0. The van der Waals surface area contributed by atoms with Crippen LogP contribution in [0.2, 0.25) is 0 Å². The number of para-hydroxylation sites is 1. The van der Waals surface area contributed by atoms with Crippen molar-refractivity contribution in [2.75, 3.05) is 25.0 Å². The molecule has 3 aromatic rings. The Morgan fingerprint density at radius 2 is 1.64 bits per heavy atom. The lowest BCUT2D eigenvalue weighted by Crippen LogP contribution is -2.34. The molecule has 4 rings (SSSR count). The first kappa shape index (κ1) is 15.5. The molecule has 1 N–H and O–H groups in total. The third kappa shape index (κ3) is 2.80. The molecule has 25 heavy (non-hydrogen) atoms. The van der Waals surface area contributed by atoms with E-state index in [9.17, 15) is 9.90 Å². The van der Waals surface area contributed by atoms with Gasteiger partial charge >= 0.3 is 0 Å². The predicted octanol–water partition coefficient (Wildman–Crippen LogP) is 3.64. The first-order valence-electron chi connectivity index (χ1n) is 8.43. The van der Waals surface area contributed by atoms with E-state index in [1.807, 2.05) is 48.3 Å². The van der Waals surface area contributed by atoms with Crippen molar-refractivity contribution in [3.05, 3.63) is 71.8 Å². The van der Waals surface area contributed by atoms with E-state index in [4.69, 9.17) is 0 Å². The molecule has 126 valence electrons. The van der Waals surface area contributed by atoms with Crippen molar-refractivity contribution >= 4 is 22.4 Å². The lowest BCUT2D eigenvalue weighted by Gasteiger charge is -2.22. The third-order valence-electron chi connectivity index (χ3n) is 4.85. The van der Waals surface area contributed by atoms with Gasteiger partial charge in [-0.15, -0.1) is 0 Å².